The molecule has 4 rings (SSSR count). The number of para-hydroxylation sites is 2. The van der Waals surface area contributed by atoms with Crippen LogP contribution in [0, 0.1) is 4.77 Å². The molecule has 4 aromatic rings. The third-order valence-electron chi connectivity index (χ3n) is 3.62. The van der Waals surface area contributed by atoms with Gasteiger partial charge in [0.2, 0.25) is 4.77 Å². The minimum Gasteiger partial charge on any atom is -0.507 e. The van der Waals surface area contributed by atoms with Gasteiger partial charge in [0.15, 0.2) is 5.65 Å². The van der Waals surface area contributed by atoms with Crippen LogP contribution in [0.2, 0.25) is 0 Å². The molecule has 0 bridgehead atoms. The lowest BCUT2D eigenvalue weighted by molar-refractivity contribution is 0.477. The molecule has 24 heavy (non-hydrogen) atoms. The summed E-state index contributed by atoms with van der Waals surface area (Å²) >= 11 is 5.17. The monoisotopic (exact) mass is 337 g/mol. The second-order valence-electron chi connectivity index (χ2n) is 5.08. The smallest absolute Gasteiger partial charge is 0.357 e. The van der Waals surface area contributed by atoms with Crippen LogP contribution < -0.4 is 5.69 Å². The summed E-state index contributed by atoms with van der Waals surface area (Å²) in [6, 6.07) is 15.7. The average Bonchev–Trinajstić information content (AvgIpc) is 2.99. The van der Waals surface area contributed by atoms with Crippen molar-refractivity contribution in [2.24, 2.45) is 0 Å². The van der Waals surface area contributed by atoms with Crippen molar-refractivity contribution in [2.45, 2.75) is 0 Å². The van der Waals surface area contributed by atoms with E-state index in [0.717, 1.165) is 0 Å². The van der Waals surface area contributed by atoms with E-state index < -0.39 is 5.69 Å². The van der Waals surface area contributed by atoms with Gasteiger partial charge in [-0.25, -0.2) is 9.20 Å². The quantitative estimate of drug-likeness (QED) is 0.548. The van der Waals surface area contributed by atoms with E-state index in [2.05, 4.69) is 15.3 Å². The van der Waals surface area contributed by atoms with Gasteiger partial charge in [0.05, 0.1) is 5.69 Å². The van der Waals surface area contributed by atoms with Crippen LogP contribution in [0.25, 0.3) is 22.6 Å². The fourth-order valence-electron chi connectivity index (χ4n) is 2.50. The summed E-state index contributed by atoms with van der Waals surface area (Å²) < 4.78 is 2.66. The number of aromatic hydroxyl groups is 1. The van der Waals surface area contributed by atoms with Gasteiger partial charge in [-0.1, -0.05) is 30.3 Å². The van der Waals surface area contributed by atoms with Crippen LogP contribution in [-0.4, -0.2) is 29.5 Å². The van der Waals surface area contributed by atoms with E-state index in [4.69, 9.17) is 12.2 Å². The molecule has 8 heteroatoms. The maximum absolute atomic E-state index is 12.8. The van der Waals surface area contributed by atoms with Crippen molar-refractivity contribution in [3.63, 3.8) is 0 Å². The normalized spacial score (nSPS) is 11.0. The lowest BCUT2D eigenvalue weighted by atomic mass is 10.1. The number of nitrogens with one attached hydrogen (secondary N) is 1. The predicted octanol–water partition coefficient (Wildman–Crippen LogP) is 2.31. The van der Waals surface area contributed by atoms with Crippen molar-refractivity contribution in [3.8, 4) is 22.7 Å². The van der Waals surface area contributed by atoms with Crippen LogP contribution in [0.1, 0.15) is 0 Å². The van der Waals surface area contributed by atoms with Crippen molar-refractivity contribution >= 4 is 17.9 Å². The van der Waals surface area contributed by atoms with Gasteiger partial charge in [-0.2, -0.15) is 14.9 Å². The largest absolute Gasteiger partial charge is 0.507 e. The molecule has 0 fully saturated rings. The number of aromatic nitrogens is 5. The molecule has 2 heterocycles. The summed E-state index contributed by atoms with van der Waals surface area (Å²) in [5, 5.41) is 21.3. The van der Waals surface area contributed by atoms with E-state index in [1.165, 1.54) is 9.08 Å². The van der Waals surface area contributed by atoms with Gasteiger partial charge < -0.3 is 5.11 Å². The van der Waals surface area contributed by atoms with Crippen LogP contribution in [0.4, 0.5) is 0 Å². The summed E-state index contributed by atoms with van der Waals surface area (Å²) in [7, 11) is 0. The highest BCUT2D eigenvalue weighted by Gasteiger charge is 2.17. The molecule has 0 saturated heterocycles. The number of hydrogen-bond acceptors (Lipinski definition) is 5. The Kier molecular flexibility index (Phi) is 3.24. The number of H-pyrrole nitrogens is 1. The number of aromatic amines is 1. The minimum atomic E-state index is -0.436. The fraction of sp³-hybridized carbons (Fsp3) is 0. The van der Waals surface area contributed by atoms with Crippen molar-refractivity contribution in [2.75, 3.05) is 0 Å². The number of rotatable bonds is 2. The Labute approximate surface area is 140 Å². The topological polar surface area (TPSA) is 88.2 Å². The maximum Gasteiger partial charge on any atom is 0.357 e. The second kappa shape index (κ2) is 5.43. The molecule has 0 aliphatic rings. The third-order valence-corrected chi connectivity index (χ3v) is 3.89. The molecule has 0 aliphatic carbocycles. The standard InChI is InChI=1S/C16H11N5O2S/c22-12-9-5-4-8-11(12)13-14-17-18-15(24)20(14)16(23)21(19-13)10-6-2-1-3-7-10/h1-9,22H,(H,18,24). The Balaban J connectivity index is 2.15. The summed E-state index contributed by atoms with van der Waals surface area (Å²) in [6.07, 6.45) is 0. The van der Waals surface area contributed by atoms with Gasteiger partial charge in [-0.15, -0.1) is 0 Å². The lowest BCUT2D eigenvalue weighted by Gasteiger charge is -2.09. The lowest BCUT2D eigenvalue weighted by Crippen LogP contribution is -2.28. The van der Waals surface area contributed by atoms with Gasteiger partial charge in [0.25, 0.3) is 0 Å². The highest BCUT2D eigenvalue weighted by molar-refractivity contribution is 7.71. The maximum atomic E-state index is 12.8. The predicted molar refractivity (Wildman–Crippen MR) is 90.9 cm³/mol. The zero-order valence-electron chi connectivity index (χ0n) is 12.2. The number of nitrogens with zero attached hydrogens (tertiary/aromatic N) is 4. The highest BCUT2D eigenvalue weighted by atomic mass is 32.1. The number of hydrogen-bond donors (Lipinski definition) is 2. The SMILES string of the molecule is O=c1n(-c2ccccc2)nc(-c2ccccc2O)c2n[nH]c(=S)n12. The second-order valence-corrected chi connectivity index (χ2v) is 5.47. The van der Waals surface area contributed by atoms with Crippen LogP contribution in [0.15, 0.2) is 59.4 Å². The van der Waals surface area contributed by atoms with Gasteiger partial charge in [-0.3, -0.25) is 5.10 Å². The summed E-state index contributed by atoms with van der Waals surface area (Å²) in [6.45, 7) is 0. The number of benzene rings is 2. The molecular formula is C16H11N5O2S. The molecule has 2 N–H and O–H groups in total. The van der Waals surface area contributed by atoms with Crippen molar-refractivity contribution in [1.29, 1.82) is 0 Å². The van der Waals surface area contributed by atoms with Gasteiger partial charge >= 0.3 is 5.69 Å². The van der Waals surface area contributed by atoms with Gasteiger partial charge in [-0.05, 0) is 36.5 Å². The molecular weight excluding hydrogens is 326 g/mol. The Morgan fingerprint density at radius 1 is 1.04 bits per heavy atom. The van der Waals surface area contributed by atoms with Crippen molar-refractivity contribution in [3.05, 3.63) is 69.9 Å². The van der Waals surface area contributed by atoms with E-state index >= 15 is 0 Å². The first kappa shape index (κ1) is 14.3. The molecule has 0 aliphatic heterocycles. The Bertz CT molecular complexity index is 1160. The Morgan fingerprint density at radius 2 is 1.75 bits per heavy atom. The molecule has 0 spiro atoms. The Hall–Kier alpha value is -3.26. The van der Waals surface area contributed by atoms with Crippen LogP contribution >= 0.6 is 12.2 Å². The van der Waals surface area contributed by atoms with Crippen LogP contribution in [0.3, 0.4) is 0 Å². The van der Waals surface area contributed by atoms with Crippen molar-refractivity contribution in [1.82, 2.24) is 24.4 Å². The Morgan fingerprint density at radius 3 is 2.50 bits per heavy atom. The first-order chi connectivity index (χ1) is 11.7. The van der Waals surface area contributed by atoms with Gasteiger partial charge in [0, 0.05) is 5.56 Å². The first-order valence-corrected chi connectivity index (χ1v) is 7.52. The molecule has 0 atom stereocenters. The minimum absolute atomic E-state index is 0.0408. The van der Waals surface area contributed by atoms with Crippen LogP contribution in [-0.2, 0) is 0 Å². The highest BCUT2D eigenvalue weighted by Crippen LogP contribution is 2.28. The molecule has 2 aromatic heterocycles. The molecule has 0 amide bonds. The average molecular weight is 337 g/mol. The van der Waals surface area contributed by atoms with Gasteiger partial charge in [0.1, 0.15) is 11.4 Å². The van der Waals surface area contributed by atoms with E-state index in [-0.39, 0.29) is 16.2 Å². The zero-order valence-corrected chi connectivity index (χ0v) is 13.1. The summed E-state index contributed by atoms with van der Waals surface area (Å²) in [5.41, 5.74) is 1.22. The molecule has 118 valence electrons. The fourth-order valence-corrected chi connectivity index (χ4v) is 2.71. The van der Waals surface area contributed by atoms with E-state index in [1.54, 1.807) is 36.4 Å². The first-order valence-electron chi connectivity index (χ1n) is 7.11. The summed E-state index contributed by atoms with van der Waals surface area (Å²) in [4.78, 5) is 12.8. The molecule has 0 radical (unpaired) electrons. The molecule has 0 saturated carbocycles. The third kappa shape index (κ3) is 2.12. The molecule has 2 aromatic carbocycles. The zero-order chi connectivity index (χ0) is 16.7. The number of phenolic OH excluding ortho intramolecular Hbond substituents is 1. The number of phenols is 1. The molecule has 0 unspecified atom stereocenters. The van der Waals surface area contributed by atoms with Crippen LogP contribution in [0.5, 0.6) is 5.75 Å². The van der Waals surface area contributed by atoms with E-state index in [9.17, 15) is 9.90 Å². The van der Waals surface area contributed by atoms with Crippen molar-refractivity contribution < 1.29 is 5.11 Å². The molecule has 7 nitrogen and oxygen atoms in total. The van der Waals surface area contributed by atoms with E-state index in [1.807, 2.05) is 18.2 Å². The summed E-state index contributed by atoms with van der Waals surface area (Å²) in [5.74, 6) is 0.0408. The number of fused-ring (bicyclic) bond motifs is 1. The van der Waals surface area contributed by atoms with E-state index in [0.29, 0.717) is 16.9 Å².